The van der Waals surface area contributed by atoms with Crippen molar-refractivity contribution in [2.45, 2.75) is 18.9 Å². The van der Waals surface area contributed by atoms with E-state index < -0.39 is 0 Å². The summed E-state index contributed by atoms with van der Waals surface area (Å²) < 4.78 is 13.8. The molecule has 0 aromatic heterocycles. The van der Waals surface area contributed by atoms with Crippen molar-refractivity contribution in [3.63, 3.8) is 0 Å². The van der Waals surface area contributed by atoms with Crippen LogP contribution in [0.1, 0.15) is 18.4 Å². The average molecular weight is 270 g/mol. The summed E-state index contributed by atoms with van der Waals surface area (Å²) in [5.74, 6) is -0.201. The van der Waals surface area contributed by atoms with Crippen LogP contribution in [0.4, 0.5) is 4.39 Å². The Morgan fingerprint density at radius 2 is 2.27 bits per heavy atom. The van der Waals surface area contributed by atoms with Gasteiger partial charge in [0.15, 0.2) is 0 Å². The van der Waals surface area contributed by atoms with Gasteiger partial charge in [0.25, 0.3) is 0 Å². The summed E-state index contributed by atoms with van der Waals surface area (Å²) in [7, 11) is 0. The maximum Gasteiger partial charge on any atom is 0.123 e. The van der Waals surface area contributed by atoms with E-state index in [0.29, 0.717) is 6.04 Å². The molecule has 3 heteroatoms. The molecule has 1 aromatic carbocycles. The van der Waals surface area contributed by atoms with E-state index in [4.69, 9.17) is 0 Å². The molecule has 1 aliphatic carbocycles. The van der Waals surface area contributed by atoms with Crippen molar-refractivity contribution in [1.29, 1.82) is 0 Å². The van der Waals surface area contributed by atoms with Gasteiger partial charge in [-0.15, -0.1) is 0 Å². The maximum atomic E-state index is 12.9. The molecule has 2 rings (SSSR count). The number of benzene rings is 1. The van der Waals surface area contributed by atoms with Gasteiger partial charge in [0.2, 0.25) is 0 Å². The van der Waals surface area contributed by atoms with E-state index in [-0.39, 0.29) is 5.82 Å². The Hall–Kier alpha value is -0.670. The van der Waals surface area contributed by atoms with Gasteiger partial charge < -0.3 is 5.32 Å². The van der Waals surface area contributed by atoms with E-state index >= 15 is 0 Å². The summed E-state index contributed by atoms with van der Waals surface area (Å²) in [6.07, 6.45) is 6.54. The molecule has 0 amide bonds. The summed E-state index contributed by atoms with van der Waals surface area (Å²) in [6.45, 7) is 0.855. The van der Waals surface area contributed by atoms with Gasteiger partial charge in [-0.05, 0) is 36.6 Å². The quantitative estimate of drug-likeness (QED) is 0.884. The summed E-state index contributed by atoms with van der Waals surface area (Å²) in [5, 5.41) is 3.37. The largest absolute Gasteiger partial charge is 0.311 e. The highest BCUT2D eigenvalue weighted by atomic mass is 79.9. The first-order chi connectivity index (χ1) is 7.25. The molecule has 0 saturated heterocycles. The van der Waals surface area contributed by atoms with Crippen LogP contribution in [0.3, 0.4) is 0 Å². The number of hydrogen-bond acceptors (Lipinski definition) is 1. The molecule has 0 atom stereocenters. The molecule has 1 saturated carbocycles. The fraction of sp³-hybridized carbons (Fsp3) is 0.333. The second-order valence-electron chi connectivity index (χ2n) is 3.75. The van der Waals surface area contributed by atoms with E-state index in [1.807, 2.05) is 12.2 Å². The van der Waals surface area contributed by atoms with Gasteiger partial charge in [-0.25, -0.2) is 4.39 Å². The van der Waals surface area contributed by atoms with Crippen LogP contribution in [-0.4, -0.2) is 12.6 Å². The second kappa shape index (κ2) is 4.90. The van der Waals surface area contributed by atoms with Crippen LogP contribution in [0, 0.1) is 5.82 Å². The van der Waals surface area contributed by atoms with Crippen LogP contribution < -0.4 is 5.32 Å². The number of hydrogen-bond donors (Lipinski definition) is 1. The predicted octanol–water partition coefficient (Wildman–Crippen LogP) is 3.35. The third-order valence-corrected chi connectivity index (χ3v) is 3.08. The summed E-state index contributed by atoms with van der Waals surface area (Å²) in [4.78, 5) is 0. The minimum atomic E-state index is -0.201. The highest BCUT2D eigenvalue weighted by Crippen LogP contribution is 2.20. The number of halogens is 2. The molecule has 1 N–H and O–H groups in total. The Morgan fingerprint density at radius 3 is 3.00 bits per heavy atom. The van der Waals surface area contributed by atoms with Gasteiger partial charge in [0.1, 0.15) is 5.82 Å². The third-order valence-electron chi connectivity index (χ3n) is 2.36. The van der Waals surface area contributed by atoms with Crippen molar-refractivity contribution >= 4 is 22.0 Å². The lowest BCUT2D eigenvalue weighted by Gasteiger charge is -1.99. The van der Waals surface area contributed by atoms with Gasteiger partial charge in [-0.1, -0.05) is 28.1 Å². The summed E-state index contributed by atoms with van der Waals surface area (Å²) in [6, 6.07) is 5.41. The van der Waals surface area contributed by atoms with E-state index in [1.54, 1.807) is 6.07 Å². The molecule has 1 nitrogen and oxygen atoms in total. The third kappa shape index (κ3) is 3.43. The van der Waals surface area contributed by atoms with Gasteiger partial charge in [-0.2, -0.15) is 0 Å². The number of rotatable bonds is 4. The fourth-order valence-corrected chi connectivity index (χ4v) is 1.73. The Morgan fingerprint density at radius 1 is 1.47 bits per heavy atom. The van der Waals surface area contributed by atoms with Crippen LogP contribution in [0.2, 0.25) is 0 Å². The maximum absolute atomic E-state index is 12.9. The summed E-state index contributed by atoms with van der Waals surface area (Å²) in [5.41, 5.74) is 0.882. The topological polar surface area (TPSA) is 12.0 Å². The highest BCUT2D eigenvalue weighted by Gasteiger charge is 2.18. The minimum Gasteiger partial charge on any atom is -0.311 e. The lowest BCUT2D eigenvalue weighted by atomic mass is 10.2. The predicted molar refractivity (Wildman–Crippen MR) is 64.2 cm³/mol. The van der Waals surface area contributed by atoms with Gasteiger partial charge in [-0.3, -0.25) is 0 Å². The lowest BCUT2D eigenvalue weighted by Crippen LogP contribution is -2.15. The van der Waals surface area contributed by atoms with E-state index in [2.05, 4.69) is 21.2 Å². The highest BCUT2D eigenvalue weighted by molar-refractivity contribution is 9.10. The first-order valence-corrected chi connectivity index (χ1v) is 5.90. The Labute approximate surface area is 97.5 Å². The van der Waals surface area contributed by atoms with Crippen LogP contribution in [0.15, 0.2) is 28.7 Å². The Kier molecular flexibility index (Phi) is 3.54. The molecule has 1 aromatic rings. The van der Waals surface area contributed by atoms with Crippen molar-refractivity contribution in [2.24, 2.45) is 0 Å². The van der Waals surface area contributed by atoms with E-state index in [1.165, 1.54) is 25.0 Å². The molecule has 1 fully saturated rings. The minimum absolute atomic E-state index is 0.201. The fourth-order valence-electron chi connectivity index (χ4n) is 1.35. The summed E-state index contributed by atoms with van der Waals surface area (Å²) >= 11 is 3.39. The molecule has 1 aliphatic rings. The smallest absolute Gasteiger partial charge is 0.123 e. The monoisotopic (exact) mass is 269 g/mol. The molecule has 0 radical (unpaired) electrons. The molecular weight excluding hydrogens is 257 g/mol. The van der Waals surface area contributed by atoms with Crippen molar-refractivity contribution in [1.82, 2.24) is 5.32 Å². The van der Waals surface area contributed by atoms with Crippen LogP contribution in [0.5, 0.6) is 0 Å². The first-order valence-electron chi connectivity index (χ1n) is 5.10. The van der Waals surface area contributed by atoms with Crippen LogP contribution >= 0.6 is 15.9 Å². The van der Waals surface area contributed by atoms with Crippen molar-refractivity contribution in [2.75, 3.05) is 6.54 Å². The molecule has 0 aliphatic heterocycles. The molecule has 0 spiro atoms. The molecule has 80 valence electrons. The van der Waals surface area contributed by atoms with Crippen LogP contribution in [-0.2, 0) is 0 Å². The van der Waals surface area contributed by atoms with Gasteiger partial charge in [0, 0.05) is 17.1 Å². The molecular formula is C12H13BrFN. The van der Waals surface area contributed by atoms with Gasteiger partial charge in [0.05, 0.1) is 0 Å². The zero-order chi connectivity index (χ0) is 10.7. The zero-order valence-electron chi connectivity index (χ0n) is 8.34. The SMILES string of the molecule is Fc1ccc(Br)c(/C=C/CNC2CC2)c1. The lowest BCUT2D eigenvalue weighted by molar-refractivity contribution is 0.627. The van der Waals surface area contributed by atoms with Gasteiger partial charge >= 0.3 is 0 Å². The standard InChI is InChI=1S/C12H13BrFN/c13-12-6-3-10(14)8-9(12)2-1-7-15-11-4-5-11/h1-3,6,8,11,15H,4-5,7H2/b2-1+. The first kappa shape index (κ1) is 10.8. The number of nitrogens with one attached hydrogen (secondary N) is 1. The van der Waals surface area contributed by atoms with Crippen molar-refractivity contribution < 1.29 is 4.39 Å². The Balaban J connectivity index is 1.92. The average Bonchev–Trinajstić information content (AvgIpc) is 3.01. The van der Waals surface area contributed by atoms with E-state index in [9.17, 15) is 4.39 Å². The van der Waals surface area contributed by atoms with Crippen molar-refractivity contribution in [3.05, 3.63) is 40.1 Å². The second-order valence-corrected chi connectivity index (χ2v) is 4.61. The molecule has 0 bridgehead atoms. The van der Waals surface area contributed by atoms with E-state index in [0.717, 1.165) is 16.6 Å². The Bertz CT molecular complexity index is 372. The normalized spacial score (nSPS) is 16.1. The van der Waals surface area contributed by atoms with Crippen molar-refractivity contribution in [3.8, 4) is 0 Å². The van der Waals surface area contributed by atoms with Crippen LogP contribution in [0.25, 0.3) is 6.08 Å². The zero-order valence-corrected chi connectivity index (χ0v) is 9.93. The molecule has 0 unspecified atom stereocenters. The molecule has 0 heterocycles. The molecule has 15 heavy (non-hydrogen) atoms.